The first kappa shape index (κ1) is 21.0. The van der Waals surface area contributed by atoms with E-state index >= 15 is 0 Å². The maximum atomic E-state index is 12.9. The maximum absolute atomic E-state index is 12.9. The second-order valence-electron chi connectivity index (χ2n) is 8.20. The van der Waals surface area contributed by atoms with E-state index in [1.807, 2.05) is 0 Å². The Morgan fingerprint density at radius 2 is 2.03 bits per heavy atom. The lowest BCUT2D eigenvalue weighted by Gasteiger charge is -2.41. The molecule has 1 aliphatic heterocycles. The Labute approximate surface area is 181 Å². The first-order valence-corrected chi connectivity index (χ1v) is 10.6. The second kappa shape index (κ2) is 8.85. The number of benzene rings is 1. The van der Waals surface area contributed by atoms with E-state index in [1.165, 1.54) is 23.5 Å². The molecule has 3 aromatic rings. The van der Waals surface area contributed by atoms with Crippen LogP contribution in [0.25, 0.3) is 11.5 Å². The number of hydrogen-bond donors (Lipinski definition) is 2. The number of anilines is 1. The van der Waals surface area contributed by atoms with E-state index in [2.05, 4.69) is 68.1 Å². The van der Waals surface area contributed by atoms with E-state index in [-0.39, 0.29) is 11.3 Å². The van der Waals surface area contributed by atoms with Gasteiger partial charge in [-0.05, 0) is 32.4 Å². The van der Waals surface area contributed by atoms with Gasteiger partial charge >= 0.3 is 0 Å². The first-order chi connectivity index (χ1) is 14.9. The second-order valence-corrected chi connectivity index (χ2v) is 8.20. The molecular formula is C23H28N6O2. The molecule has 2 N–H and O–H groups in total. The molecular weight excluding hydrogens is 392 g/mol. The highest BCUT2D eigenvalue weighted by Gasteiger charge is 2.25. The van der Waals surface area contributed by atoms with Crippen LogP contribution in [0.4, 0.5) is 5.69 Å². The molecule has 4 rings (SSSR count). The van der Waals surface area contributed by atoms with Crippen LogP contribution >= 0.6 is 0 Å². The van der Waals surface area contributed by atoms with E-state index in [0.29, 0.717) is 41.8 Å². The van der Waals surface area contributed by atoms with Gasteiger partial charge < -0.3 is 9.88 Å². The molecule has 31 heavy (non-hydrogen) atoms. The summed E-state index contributed by atoms with van der Waals surface area (Å²) in [7, 11) is 0. The van der Waals surface area contributed by atoms with Gasteiger partial charge in [0.2, 0.25) is 0 Å². The van der Waals surface area contributed by atoms with Crippen LogP contribution in [0.1, 0.15) is 35.0 Å². The SMILES string of the molecule is Cc1cc(=O)[nH]c(-c2[nH]ncc2C(=O)CCN2CCN(c3ccccc3C)C(C)C2)n1. The minimum atomic E-state index is -0.254. The van der Waals surface area contributed by atoms with Crippen molar-refractivity contribution in [2.45, 2.75) is 33.2 Å². The number of para-hydroxylation sites is 1. The summed E-state index contributed by atoms with van der Waals surface area (Å²) in [6.07, 6.45) is 1.90. The van der Waals surface area contributed by atoms with Gasteiger partial charge in [0.25, 0.3) is 5.56 Å². The largest absolute Gasteiger partial charge is 0.366 e. The van der Waals surface area contributed by atoms with Gasteiger partial charge in [-0.2, -0.15) is 5.10 Å². The topological polar surface area (TPSA) is 98.0 Å². The number of hydrogen-bond acceptors (Lipinski definition) is 6. The van der Waals surface area contributed by atoms with E-state index in [9.17, 15) is 9.59 Å². The first-order valence-electron chi connectivity index (χ1n) is 10.6. The van der Waals surface area contributed by atoms with E-state index in [1.54, 1.807) is 6.92 Å². The molecule has 0 radical (unpaired) electrons. The van der Waals surface area contributed by atoms with Crippen LogP contribution in [-0.4, -0.2) is 63.1 Å². The van der Waals surface area contributed by atoms with Crippen LogP contribution in [0.3, 0.4) is 0 Å². The predicted molar refractivity (Wildman–Crippen MR) is 121 cm³/mol. The van der Waals surface area contributed by atoms with Crippen molar-refractivity contribution in [3.8, 4) is 11.5 Å². The number of aromatic amines is 2. The fraction of sp³-hybridized carbons (Fsp3) is 0.391. The molecule has 8 nitrogen and oxygen atoms in total. The summed E-state index contributed by atoms with van der Waals surface area (Å²) < 4.78 is 0. The quantitative estimate of drug-likeness (QED) is 0.595. The van der Waals surface area contributed by atoms with Gasteiger partial charge in [-0.1, -0.05) is 18.2 Å². The highest BCUT2D eigenvalue weighted by atomic mass is 16.1. The highest BCUT2D eigenvalue weighted by Crippen LogP contribution is 2.24. The Bertz CT molecular complexity index is 1130. The lowest BCUT2D eigenvalue weighted by Crippen LogP contribution is -2.52. The number of rotatable bonds is 6. The molecule has 162 valence electrons. The Hall–Kier alpha value is -3.26. The van der Waals surface area contributed by atoms with Gasteiger partial charge in [-0.3, -0.25) is 19.6 Å². The number of carbonyl (C=O) groups excluding carboxylic acids is 1. The molecule has 1 unspecified atom stereocenters. The van der Waals surface area contributed by atoms with Crippen molar-refractivity contribution in [2.75, 3.05) is 31.1 Å². The molecule has 0 aliphatic carbocycles. The lowest BCUT2D eigenvalue weighted by molar-refractivity contribution is 0.0959. The number of nitrogens with one attached hydrogen (secondary N) is 2. The summed E-state index contributed by atoms with van der Waals surface area (Å²) in [5, 5.41) is 6.82. The number of aromatic nitrogens is 4. The number of carbonyl (C=O) groups is 1. The molecule has 0 spiro atoms. The molecule has 1 saturated heterocycles. The van der Waals surface area contributed by atoms with Crippen LogP contribution in [0.15, 0.2) is 41.3 Å². The van der Waals surface area contributed by atoms with Gasteiger partial charge in [-0.25, -0.2) is 4.98 Å². The molecule has 0 bridgehead atoms. The average Bonchev–Trinajstić information content (AvgIpc) is 3.22. The number of ketones is 1. The van der Waals surface area contributed by atoms with Crippen molar-refractivity contribution < 1.29 is 4.79 Å². The monoisotopic (exact) mass is 420 g/mol. The molecule has 2 aromatic heterocycles. The fourth-order valence-electron chi connectivity index (χ4n) is 4.25. The highest BCUT2D eigenvalue weighted by molar-refractivity contribution is 6.00. The van der Waals surface area contributed by atoms with Crippen LogP contribution < -0.4 is 10.5 Å². The molecule has 1 aromatic carbocycles. The number of piperazine rings is 1. The Balaban J connectivity index is 1.39. The number of nitrogens with zero attached hydrogens (tertiary/aromatic N) is 4. The van der Waals surface area contributed by atoms with Gasteiger partial charge in [0.05, 0.1) is 11.8 Å². The lowest BCUT2D eigenvalue weighted by atomic mass is 10.1. The fourth-order valence-corrected chi connectivity index (χ4v) is 4.25. The molecule has 1 fully saturated rings. The molecule has 8 heteroatoms. The summed E-state index contributed by atoms with van der Waals surface area (Å²) >= 11 is 0. The molecule has 0 amide bonds. The summed E-state index contributed by atoms with van der Waals surface area (Å²) in [6.45, 7) is 9.57. The normalized spacial score (nSPS) is 17.1. The molecule has 0 saturated carbocycles. The van der Waals surface area contributed by atoms with E-state index in [4.69, 9.17) is 0 Å². The summed E-state index contributed by atoms with van der Waals surface area (Å²) in [6, 6.07) is 10.3. The Morgan fingerprint density at radius 1 is 1.23 bits per heavy atom. The third-order valence-electron chi connectivity index (χ3n) is 5.84. The van der Waals surface area contributed by atoms with Crippen molar-refractivity contribution in [3.05, 3.63) is 63.7 Å². The Kier molecular flexibility index (Phi) is 5.99. The maximum Gasteiger partial charge on any atom is 0.251 e. The summed E-state index contributed by atoms with van der Waals surface area (Å²) in [5.74, 6) is 0.327. The van der Waals surface area contributed by atoms with Gasteiger partial charge in [-0.15, -0.1) is 0 Å². The smallest absolute Gasteiger partial charge is 0.251 e. The minimum absolute atomic E-state index is 0.0121. The van der Waals surface area contributed by atoms with Crippen molar-refractivity contribution in [1.29, 1.82) is 0 Å². The van der Waals surface area contributed by atoms with Crippen molar-refractivity contribution in [1.82, 2.24) is 25.1 Å². The van der Waals surface area contributed by atoms with Crippen LogP contribution in [0, 0.1) is 13.8 Å². The Morgan fingerprint density at radius 3 is 2.77 bits per heavy atom. The van der Waals surface area contributed by atoms with Crippen LogP contribution in [0.2, 0.25) is 0 Å². The number of Topliss-reactive ketones (excluding diaryl/α,β-unsaturated/α-hetero) is 1. The standard InChI is InChI=1S/C23H28N6O2/c1-15-6-4-5-7-19(15)29-11-10-28(14-17(29)3)9-8-20(30)18-13-24-27-22(18)23-25-16(2)12-21(31)26-23/h4-7,12-13,17H,8-11,14H2,1-3H3,(H,24,27)(H,25,26,31). The number of H-pyrrole nitrogens is 2. The van der Waals surface area contributed by atoms with E-state index in [0.717, 1.165) is 19.6 Å². The van der Waals surface area contributed by atoms with Crippen LogP contribution in [0.5, 0.6) is 0 Å². The summed E-state index contributed by atoms with van der Waals surface area (Å²) in [5.41, 5.74) is 3.83. The molecule has 3 heterocycles. The van der Waals surface area contributed by atoms with Crippen molar-refractivity contribution in [2.24, 2.45) is 0 Å². The van der Waals surface area contributed by atoms with Crippen LogP contribution in [-0.2, 0) is 0 Å². The van der Waals surface area contributed by atoms with E-state index < -0.39 is 0 Å². The van der Waals surface area contributed by atoms with Gasteiger partial charge in [0.15, 0.2) is 11.6 Å². The molecule has 1 atom stereocenters. The zero-order valence-electron chi connectivity index (χ0n) is 18.2. The van der Waals surface area contributed by atoms with Gasteiger partial charge in [0.1, 0.15) is 5.69 Å². The third kappa shape index (κ3) is 4.59. The third-order valence-corrected chi connectivity index (χ3v) is 5.84. The minimum Gasteiger partial charge on any atom is -0.366 e. The average molecular weight is 421 g/mol. The zero-order chi connectivity index (χ0) is 22.0. The predicted octanol–water partition coefficient (Wildman–Crippen LogP) is 2.56. The summed E-state index contributed by atoms with van der Waals surface area (Å²) in [4.78, 5) is 36.5. The zero-order valence-corrected chi connectivity index (χ0v) is 18.2. The van der Waals surface area contributed by atoms with Crippen molar-refractivity contribution >= 4 is 11.5 Å². The van der Waals surface area contributed by atoms with Gasteiger partial charge in [0, 0.05) is 56.1 Å². The number of aryl methyl sites for hydroxylation is 2. The van der Waals surface area contributed by atoms with Crippen molar-refractivity contribution in [3.63, 3.8) is 0 Å². The molecule has 1 aliphatic rings.